The third-order valence-corrected chi connectivity index (χ3v) is 2.92. The van der Waals surface area contributed by atoms with Gasteiger partial charge in [-0.2, -0.15) is 0 Å². The van der Waals surface area contributed by atoms with Crippen molar-refractivity contribution in [2.24, 2.45) is 0 Å². The normalized spacial score (nSPS) is 13.3. The van der Waals surface area contributed by atoms with Gasteiger partial charge in [0, 0.05) is 6.42 Å². The minimum atomic E-state index is -2.84. The third-order valence-electron chi connectivity index (χ3n) is 2.92. The van der Waals surface area contributed by atoms with Crippen molar-refractivity contribution in [1.29, 1.82) is 0 Å². The Labute approximate surface area is 118 Å². The lowest BCUT2D eigenvalue weighted by atomic mass is 10.1. The molecule has 0 spiro atoms. The van der Waals surface area contributed by atoms with Gasteiger partial charge >= 0.3 is 0 Å². The molecule has 20 heavy (non-hydrogen) atoms. The van der Waals surface area contributed by atoms with Crippen molar-refractivity contribution < 1.29 is 23.4 Å². The number of hydrogen-bond acceptors (Lipinski definition) is 3. The van der Waals surface area contributed by atoms with Gasteiger partial charge in [-0.1, -0.05) is 19.1 Å². The maximum absolute atomic E-state index is 12.9. The molecule has 1 aromatic rings. The van der Waals surface area contributed by atoms with Crippen LogP contribution >= 0.6 is 0 Å². The molecule has 0 bridgehead atoms. The Hall–Kier alpha value is -1.20. The molecule has 0 fully saturated rings. The van der Waals surface area contributed by atoms with Crippen LogP contribution in [0.25, 0.3) is 0 Å². The van der Waals surface area contributed by atoms with Crippen LogP contribution in [0.15, 0.2) is 18.2 Å². The summed E-state index contributed by atoms with van der Waals surface area (Å²) in [5.74, 6) is -2.16. The SMILES string of the molecule is CCC(F)(F)COCC(O)COc1cc(C)ccc1C. The van der Waals surface area contributed by atoms with Gasteiger partial charge in [-0.15, -0.1) is 0 Å². The van der Waals surface area contributed by atoms with Crippen LogP contribution in [0.1, 0.15) is 24.5 Å². The van der Waals surface area contributed by atoms with E-state index >= 15 is 0 Å². The Morgan fingerprint density at radius 2 is 1.95 bits per heavy atom. The highest BCUT2D eigenvalue weighted by Crippen LogP contribution is 2.20. The number of aryl methyl sites for hydroxylation is 2. The first kappa shape index (κ1) is 16.9. The Balaban J connectivity index is 2.33. The minimum Gasteiger partial charge on any atom is -0.491 e. The molecule has 0 aliphatic heterocycles. The van der Waals surface area contributed by atoms with Crippen molar-refractivity contribution in [1.82, 2.24) is 0 Å². The number of aliphatic hydroxyl groups is 1. The van der Waals surface area contributed by atoms with E-state index in [2.05, 4.69) is 0 Å². The molecule has 5 heteroatoms. The number of benzene rings is 1. The number of hydrogen-bond donors (Lipinski definition) is 1. The highest BCUT2D eigenvalue weighted by molar-refractivity contribution is 5.35. The van der Waals surface area contributed by atoms with Crippen molar-refractivity contribution in [3.8, 4) is 5.75 Å². The number of ether oxygens (including phenoxy) is 2. The highest BCUT2D eigenvalue weighted by atomic mass is 19.3. The topological polar surface area (TPSA) is 38.7 Å². The van der Waals surface area contributed by atoms with Gasteiger partial charge in [0.15, 0.2) is 0 Å². The van der Waals surface area contributed by atoms with E-state index in [-0.39, 0.29) is 19.6 Å². The van der Waals surface area contributed by atoms with E-state index in [1.807, 2.05) is 32.0 Å². The summed E-state index contributed by atoms with van der Waals surface area (Å²) in [4.78, 5) is 0. The molecular weight excluding hydrogens is 266 g/mol. The first-order chi connectivity index (χ1) is 9.34. The first-order valence-electron chi connectivity index (χ1n) is 6.68. The molecule has 114 valence electrons. The number of alkyl halides is 2. The summed E-state index contributed by atoms with van der Waals surface area (Å²) >= 11 is 0. The molecule has 0 saturated carbocycles. The molecule has 1 rings (SSSR count). The minimum absolute atomic E-state index is 0.0159. The number of aliphatic hydroxyl groups excluding tert-OH is 1. The largest absolute Gasteiger partial charge is 0.491 e. The van der Waals surface area contributed by atoms with Crippen molar-refractivity contribution in [2.45, 2.75) is 39.2 Å². The Morgan fingerprint density at radius 3 is 2.60 bits per heavy atom. The maximum Gasteiger partial charge on any atom is 0.270 e. The van der Waals surface area contributed by atoms with Crippen molar-refractivity contribution in [3.63, 3.8) is 0 Å². The lowest BCUT2D eigenvalue weighted by Crippen LogP contribution is -2.29. The Morgan fingerprint density at radius 1 is 1.25 bits per heavy atom. The molecule has 1 unspecified atom stereocenters. The predicted octanol–water partition coefficient (Wildman–Crippen LogP) is 3.11. The second-order valence-corrected chi connectivity index (χ2v) is 4.96. The van der Waals surface area contributed by atoms with Gasteiger partial charge < -0.3 is 14.6 Å². The first-order valence-corrected chi connectivity index (χ1v) is 6.68. The van der Waals surface area contributed by atoms with E-state index in [1.54, 1.807) is 0 Å². The molecule has 0 amide bonds. The summed E-state index contributed by atoms with van der Waals surface area (Å²) in [6.07, 6.45) is -1.20. The van der Waals surface area contributed by atoms with Crippen LogP contribution in [0, 0.1) is 13.8 Å². The molecule has 0 heterocycles. The van der Waals surface area contributed by atoms with Gasteiger partial charge in [-0.05, 0) is 31.0 Å². The fraction of sp³-hybridized carbons (Fsp3) is 0.600. The zero-order valence-electron chi connectivity index (χ0n) is 12.2. The van der Waals surface area contributed by atoms with E-state index in [0.717, 1.165) is 11.1 Å². The zero-order valence-corrected chi connectivity index (χ0v) is 12.2. The van der Waals surface area contributed by atoms with Crippen molar-refractivity contribution >= 4 is 0 Å². The van der Waals surface area contributed by atoms with E-state index < -0.39 is 18.6 Å². The van der Waals surface area contributed by atoms with Crippen LogP contribution in [-0.2, 0) is 4.74 Å². The molecule has 0 aliphatic carbocycles. The maximum atomic E-state index is 12.9. The number of rotatable bonds is 8. The molecule has 0 radical (unpaired) electrons. The summed E-state index contributed by atoms with van der Waals surface area (Å²) in [6, 6.07) is 5.76. The number of halogens is 2. The third kappa shape index (κ3) is 5.84. The average Bonchev–Trinajstić information content (AvgIpc) is 2.39. The smallest absolute Gasteiger partial charge is 0.270 e. The summed E-state index contributed by atoms with van der Waals surface area (Å²) in [5.41, 5.74) is 2.01. The van der Waals surface area contributed by atoms with Crippen molar-refractivity contribution in [2.75, 3.05) is 19.8 Å². The van der Waals surface area contributed by atoms with Crippen LogP contribution in [0.5, 0.6) is 5.75 Å². The van der Waals surface area contributed by atoms with E-state index in [0.29, 0.717) is 5.75 Å². The van der Waals surface area contributed by atoms with Crippen LogP contribution in [-0.4, -0.2) is 37.0 Å². The van der Waals surface area contributed by atoms with E-state index in [1.165, 1.54) is 6.92 Å². The lowest BCUT2D eigenvalue weighted by Gasteiger charge is -2.17. The quantitative estimate of drug-likeness (QED) is 0.799. The summed E-state index contributed by atoms with van der Waals surface area (Å²) in [6.45, 7) is 4.41. The van der Waals surface area contributed by atoms with Crippen LogP contribution in [0.4, 0.5) is 8.78 Å². The molecule has 1 atom stereocenters. The van der Waals surface area contributed by atoms with E-state index in [9.17, 15) is 13.9 Å². The van der Waals surface area contributed by atoms with Gasteiger partial charge in [0.2, 0.25) is 0 Å². The fourth-order valence-electron chi connectivity index (χ4n) is 1.54. The van der Waals surface area contributed by atoms with Gasteiger partial charge in [-0.25, -0.2) is 8.78 Å². The summed E-state index contributed by atoms with van der Waals surface area (Å²) < 4.78 is 36.1. The van der Waals surface area contributed by atoms with Gasteiger partial charge in [-0.3, -0.25) is 0 Å². The fourth-order valence-corrected chi connectivity index (χ4v) is 1.54. The standard InChI is InChI=1S/C15H22F2O3/c1-4-15(16,17)10-19-8-13(18)9-20-14-7-11(2)5-6-12(14)3/h5-7,13,18H,4,8-10H2,1-3H3. The molecular formula is C15H22F2O3. The van der Waals surface area contributed by atoms with E-state index in [4.69, 9.17) is 9.47 Å². The predicted molar refractivity (Wildman–Crippen MR) is 73.5 cm³/mol. The van der Waals surface area contributed by atoms with Crippen LogP contribution < -0.4 is 4.74 Å². The molecule has 0 saturated heterocycles. The summed E-state index contributed by atoms with van der Waals surface area (Å²) in [7, 11) is 0. The Bertz CT molecular complexity index is 422. The van der Waals surface area contributed by atoms with Gasteiger partial charge in [0.1, 0.15) is 25.1 Å². The van der Waals surface area contributed by atoms with Gasteiger partial charge in [0.25, 0.3) is 5.92 Å². The van der Waals surface area contributed by atoms with Crippen LogP contribution in [0.3, 0.4) is 0 Å². The second kappa shape index (κ2) is 7.55. The molecule has 1 N–H and O–H groups in total. The lowest BCUT2D eigenvalue weighted by molar-refractivity contribution is -0.0960. The average molecular weight is 288 g/mol. The molecule has 3 nitrogen and oxygen atoms in total. The highest BCUT2D eigenvalue weighted by Gasteiger charge is 2.26. The van der Waals surface area contributed by atoms with Gasteiger partial charge in [0.05, 0.1) is 6.61 Å². The molecule has 1 aromatic carbocycles. The zero-order chi connectivity index (χ0) is 15.2. The monoisotopic (exact) mass is 288 g/mol. The Kier molecular flexibility index (Phi) is 6.36. The van der Waals surface area contributed by atoms with Crippen molar-refractivity contribution in [3.05, 3.63) is 29.3 Å². The summed E-state index contributed by atoms with van der Waals surface area (Å²) in [5, 5.41) is 9.65. The second-order valence-electron chi connectivity index (χ2n) is 4.96. The molecule has 0 aromatic heterocycles. The molecule has 0 aliphatic rings. The van der Waals surface area contributed by atoms with Crippen LogP contribution in [0.2, 0.25) is 0 Å².